The molecule has 13 N–H and O–H groups in total. The highest BCUT2D eigenvalue weighted by Crippen LogP contribution is 2.13. The quantitative estimate of drug-likeness (QED) is 0.0417. The molecule has 2 aromatic carbocycles. The number of nitrogens with two attached hydrogens (primary N) is 3. The van der Waals surface area contributed by atoms with Gasteiger partial charge in [-0.1, -0.05) is 62.7 Å². The normalized spacial score (nSPS) is 14.3. The van der Waals surface area contributed by atoms with E-state index in [2.05, 4.69) is 26.3 Å². The number of aliphatic imine (C=N–C) groups is 1. The molecule has 17 nitrogen and oxygen atoms in total. The van der Waals surface area contributed by atoms with E-state index in [1.54, 1.807) is 56.3 Å². The Balaban J connectivity index is 2.27. The van der Waals surface area contributed by atoms with Crippen LogP contribution >= 0.6 is 0 Å². The van der Waals surface area contributed by atoms with Crippen molar-refractivity contribution in [3.63, 3.8) is 0 Å². The fourth-order valence-corrected chi connectivity index (χ4v) is 5.11. The van der Waals surface area contributed by atoms with Gasteiger partial charge in [-0.15, -0.1) is 0 Å². The summed E-state index contributed by atoms with van der Waals surface area (Å²) in [5, 5.41) is 38.9. The second-order valence-electron chi connectivity index (χ2n) is 12.4. The Morgan fingerprint density at radius 1 is 0.731 bits per heavy atom. The van der Waals surface area contributed by atoms with Gasteiger partial charge in [0.25, 0.3) is 0 Å². The Bertz CT molecular complexity index is 1530. The molecular weight excluding hydrogens is 676 g/mol. The van der Waals surface area contributed by atoms with Crippen LogP contribution in [0.1, 0.15) is 57.1 Å². The van der Waals surface area contributed by atoms with E-state index in [1.807, 2.05) is 0 Å². The first-order valence-electron chi connectivity index (χ1n) is 16.9. The summed E-state index contributed by atoms with van der Waals surface area (Å²) in [6, 6.07) is 8.32. The lowest BCUT2D eigenvalue weighted by Gasteiger charge is -2.28. The van der Waals surface area contributed by atoms with Crippen LogP contribution in [0.4, 0.5) is 0 Å². The van der Waals surface area contributed by atoms with Crippen molar-refractivity contribution in [2.45, 2.75) is 89.0 Å². The van der Waals surface area contributed by atoms with Crippen LogP contribution in [0.5, 0.6) is 5.75 Å². The number of guanidine groups is 1. The van der Waals surface area contributed by atoms with Crippen molar-refractivity contribution in [2.75, 3.05) is 6.54 Å². The van der Waals surface area contributed by atoms with Crippen LogP contribution in [0.25, 0.3) is 0 Å². The van der Waals surface area contributed by atoms with Gasteiger partial charge in [-0.25, -0.2) is 4.79 Å². The van der Waals surface area contributed by atoms with Gasteiger partial charge >= 0.3 is 11.9 Å². The van der Waals surface area contributed by atoms with Gasteiger partial charge in [0, 0.05) is 19.4 Å². The summed E-state index contributed by atoms with van der Waals surface area (Å²) in [5.41, 5.74) is 18.2. The highest BCUT2D eigenvalue weighted by atomic mass is 16.4. The van der Waals surface area contributed by atoms with Crippen LogP contribution in [0, 0.1) is 5.92 Å². The van der Waals surface area contributed by atoms with Gasteiger partial charge in [0.15, 0.2) is 5.96 Å². The summed E-state index contributed by atoms with van der Waals surface area (Å²) in [7, 11) is 0. The third kappa shape index (κ3) is 15.0. The molecule has 284 valence electrons. The molecule has 0 heterocycles. The number of carboxylic acids is 2. The Morgan fingerprint density at radius 2 is 1.29 bits per heavy atom. The van der Waals surface area contributed by atoms with Crippen LogP contribution in [-0.4, -0.2) is 93.6 Å². The van der Waals surface area contributed by atoms with Gasteiger partial charge < -0.3 is 53.8 Å². The molecule has 2 aromatic rings. The molecule has 0 saturated carbocycles. The van der Waals surface area contributed by atoms with E-state index < -0.39 is 78.1 Å². The molecule has 0 aromatic heterocycles. The number of amides is 4. The van der Waals surface area contributed by atoms with Crippen molar-refractivity contribution in [3.8, 4) is 5.75 Å². The number of hydrogen-bond acceptors (Lipinski definition) is 9. The molecule has 17 heteroatoms. The minimum absolute atomic E-state index is 0.0437. The zero-order chi connectivity index (χ0) is 38.8. The van der Waals surface area contributed by atoms with Crippen molar-refractivity contribution < 1.29 is 44.1 Å². The van der Waals surface area contributed by atoms with Crippen molar-refractivity contribution >= 4 is 41.5 Å². The third-order valence-electron chi connectivity index (χ3n) is 8.28. The molecule has 0 radical (unpaired) electrons. The summed E-state index contributed by atoms with van der Waals surface area (Å²) >= 11 is 0. The van der Waals surface area contributed by atoms with Crippen LogP contribution in [0.2, 0.25) is 0 Å². The molecule has 0 aliphatic rings. The molecule has 0 aliphatic heterocycles. The molecule has 0 aliphatic carbocycles. The maximum atomic E-state index is 13.7. The summed E-state index contributed by atoms with van der Waals surface area (Å²) in [6.07, 6.45) is -0.274. The topological polar surface area (TPSA) is 302 Å². The van der Waals surface area contributed by atoms with Crippen LogP contribution in [0.15, 0.2) is 59.6 Å². The van der Waals surface area contributed by atoms with Crippen molar-refractivity contribution in [1.82, 2.24) is 21.3 Å². The Kier molecular flexibility index (Phi) is 17.5. The number of phenolic OH excluding ortho intramolecular Hbond substituents is 1. The third-order valence-corrected chi connectivity index (χ3v) is 8.28. The zero-order valence-corrected chi connectivity index (χ0v) is 29.3. The van der Waals surface area contributed by atoms with Crippen LogP contribution < -0.4 is 38.5 Å². The van der Waals surface area contributed by atoms with Crippen molar-refractivity contribution in [3.05, 3.63) is 65.7 Å². The number of phenols is 1. The van der Waals surface area contributed by atoms with E-state index in [9.17, 15) is 44.1 Å². The summed E-state index contributed by atoms with van der Waals surface area (Å²) in [5.74, 6) is -6.34. The number of benzene rings is 2. The number of carbonyl (C=O) groups is 6. The SMILES string of the molecule is CC[C@H](C)[C@H](NC(=O)[C@@H](N)Cc1ccc(O)cc1)C(=O)N[C@@H](CCC(=O)O)C(=O)N[C@@H](CCCN=C(N)N)C(=O)N[C@@H](Cc1ccccc1)C(=O)O. The Morgan fingerprint density at radius 3 is 1.85 bits per heavy atom. The first-order chi connectivity index (χ1) is 24.6. The number of aliphatic carboxylic acids is 2. The lowest BCUT2D eigenvalue weighted by Crippen LogP contribution is -2.59. The molecular formula is C35H50N8O9. The number of aromatic hydroxyl groups is 1. The molecule has 52 heavy (non-hydrogen) atoms. The maximum absolute atomic E-state index is 13.7. The first kappa shape index (κ1) is 42.5. The van der Waals surface area contributed by atoms with Crippen molar-refractivity contribution in [1.29, 1.82) is 0 Å². The number of rotatable bonds is 22. The van der Waals surface area contributed by atoms with Crippen molar-refractivity contribution in [2.24, 2.45) is 28.1 Å². The average molecular weight is 727 g/mol. The largest absolute Gasteiger partial charge is 0.508 e. The van der Waals surface area contributed by atoms with Gasteiger partial charge in [0.1, 0.15) is 29.9 Å². The average Bonchev–Trinajstić information content (AvgIpc) is 3.10. The predicted molar refractivity (Wildman–Crippen MR) is 192 cm³/mol. The van der Waals surface area contributed by atoms with E-state index in [1.165, 1.54) is 12.1 Å². The monoisotopic (exact) mass is 726 g/mol. The zero-order valence-electron chi connectivity index (χ0n) is 29.3. The molecule has 6 atom stereocenters. The molecule has 2 rings (SSSR count). The highest BCUT2D eigenvalue weighted by Gasteiger charge is 2.33. The fourth-order valence-electron chi connectivity index (χ4n) is 5.11. The van der Waals surface area contributed by atoms with Gasteiger partial charge in [0.05, 0.1) is 6.04 Å². The smallest absolute Gasteiger partial charge is 0.326 e. The minimum Gasteiger partial charge on any atom is -0.508 e. The molecule has 0 bridgehead atoms. The highest BCUT2D eigenvalue weighted by molar-refractivity contribution is 5.95. The number of nitrogens with one attached hydrogen (secondary N) is 4. The summed E-state index contributed by atoms with van der Waals surface area (Å²) in [6.45, 7) is 3.57. The molecule has 0 spiro atoms. The summed E-state index contributed by atoms with van der Waals surface area (Å²) in [4.78, 5) is 81.3. The molecule has 4 amide bonds. The van der Waals surface area contributed by atoms with Crippen LogP contribution in [0.3, 0.4) is 0 Å². The fraction of sp³-hybridized carbons (Fsp3) is 0.457. The molecule has 0 unspecified atom stereocenters. The number of carbonyl (C=O) groups excluding carboxylic acids is 4. The summed E-state index contributed by atoms with van der Waals surface area (Å²) < 4.78 is 0. The standard InChI is InChI=1S/C35H50N8O9/c1-3-20(2)29(43-30(47)24(36)18-22-11-13-23(44)14-12-22)33(50)41-26(15-16-28(45)46)32(49)40-25(10-7-17-39-35(37)38)31(48)42-27(34(51)52)19-21-8-5-4-6-9-21/h4-6,8-9,11-14,20,24-27,29,44H,3,7,10,15-19,36H2,1-2H3,(H,40,49)(H,41,50)(H,42,48)(H,43,47)(H,45,46)(H,51,52)(H4,37,38,39)/t20-,24-,25-,26-,27-,29-/m0/s1. The minimum atomic E-state index is -1.47. The van der Waals surface area contributed by atoms with E-state index >= 15 is 0 Å². The first-order valence-corrected chi connectivity index (χ1v) is 16.9. The second kappa shape index (κ2) is 21.5. The molecule has 0 fully saturated rings. The number of nitrogens with zero attached hydrogens (tertiary/aromatic N) is 1. The van der Waals surface area contributed by atoms with Crippen LogP contribution in [-0.2, 0) is 41.6 Å². The van der Waals surface area contributed by atoms with E-state index in [0.717, 1.165) is 0 Å². The number of hydrogen-bond donors (Lipinski definition) is 10. The Labute approximate surface area is 301 Å². The maximum Gasteiger partial charge on any atom is 0.326 e. The predicted octanol–water partition coefficient (Wildman–Crippen LogP) is -0.507. The van der Waals surface area contributed by atoms with Gasteiger partial charge in [-0.05, 0) is 54.9 Å². The molecule has 0 saturated heterocycles. The van der Waals surface area contributed by atoms with E-state index in [-0.39, 0.29) is 50.4 Å². The lowest BCUT2D eigenvalue weighted by atomic mass is 9.96. The second-order valence-corrected chi connectivity index (χ2v) is 12.4. The van der Waals surface area contributed by atoms with E-state index in [4.69, 9.17) is 17.2 Å². The van der Waals surface area contributed by atoms with Gasteiger partial charge in [-0.2, -0.15) is 0 Å². The van der Waals surface area contributed by atoms with Gasteiger partial charge in [0.2, 0.25) is 23.6 Å². The van der Waals surface area contributed by atoms with E-state index in [0.29, 0.717) is 17.5 Å². The van der Waals surface area contributed by atoms with Gasteiger partial charge in [-0.3, -0.25) is 29.0 Å². The lowest BCUT2D eigenvalue weighted by molar-refractivity contribution is -0.142. The Hall–Kier alpha value is -5.71. The number of carboxylic acid groups (broad SMARTS) is 2.